The topological polar surface area (TPSA) is 35.2 Å². The molecule has 0 fully saturated rings. The molecule has 0 aromatic heterocycles. The lowest BCUT2D eigenvalue weighted by atomic mass is 10.2. The van der Waals surface area contributed by atoms with Gasteiger partial charge in [0.15, 0.2) is 0 Å². The van der Waals surface area contributed by atoms with Crippen LogP contribution in [-0.2, 0) is 11.4 Å². The molecular weight excluding hydrogens is 146 g/mol. The maximum Gasteiger partial charge on any atom is 0.0930 e. The van der Waals surface area contributed by atoms with Crippen molar-refractivity contribution < 1.29 is 4.84 Å². The fraction of sp³-hybridized carbons (Fsp3) is 0.143. The highest BCUT2D eigenvalue weighted by atomic mass is 32.1. The Bertz CT molecular complexity index is 197. The third kappa shape index (κ3) is 2.02. The van der Waals surface area contributed by atoms with Crippen molar-refractivity contribution in [3.05, 3.63) is 29.8 Å². The lowest BCUT2D eigenvalue weighted by Crippen LogP contribution is -1.98. The Balaban J connectivity index is 2.69. The molecule has 0 aliphatic rings. The van der Waals surface area contributed by atoms with Crippen LogP contribution in [0.2, 0.25) is 0 Å². The maximum atomic E-state index is 4.88. The molecule has 3 heteroatoms. The maximum absolute atomic E-state index is 4.88. The summed E-state index contributed by atoms with van der Waals surface area (Å²) in [5.74, 6) is 4.88. The molecule has 0 saturated heterocycles. The molecule has 0 heterocycles. The molecule has 1 aromatic rings. The summed E-state index contributed by atoms with van der Waals surface area (Å²) in [4.78, 5) is 5.39. The number of nitrogens with two attached hydrogens (primary N) is 1. The van der Waals surface area contributed by atoms with Crippen molar-refractivity contribution in [2.24, 2.45) is 5.90 Å². The van der Waals surface area contributed by atoms with Crippen LogP contribution in [0.3, 0.4) is 0 Å². The van der Waals surface area contributed by atoms with E-state index < -0.39 is 0 Å². The van der Waals surface area contributed by atoms with Crippen LogP contribution < -0.4 is 5.90 Å². The van der Waals surface area contributed by atoms with E-state index in [2.05, 4.69) is 17.5 Å². The highest BCUT2D eigenvalue weighted by Crippen LogP contribution is 2.07. The predicted molar refractivity (Wildman–Crippen MR) is 42.7 cm³/mol. The predicted octanol–water partition coefficient (Wildman–Crippen LogP) is 1.37. The fourth-order valence-corrected chi connectivity index (χ4v) is 0.837. The third-order valence-corrected chi connectivity index (χ3v) is 1.48. The summed E-state index contributed by atoms with van der Waals surface area (Å²) in [6, 6.07) is 7.65. The number of hydrogen-bond acceptors (Lipinski definition) is 3. The Kier molecular flexibility index (Phi) is 2.74. The van der Waals surface area contributed by atoms with E-state index in [1.807, 2.05) is 24.3 Å². The molecule has 54 valence electrons. The van der Waals surface area contributed by atoms with Crippen LogP contribution in [0.15, 0.2) is 29.2 Å². The summed E-state index contributed by atoms with van der Waals surface area (Å²) < 4.78 is 0. The first-order valence-corrected chi connectivity index (χ1v) is 3.37. The fourth-order valence-electron chi connectivity index (χ4n) is 0.688. The first-order valence-electron chi connectivity index (χ1n) is 2.92. The van der Waals surface area contributed by atoms with Crippen molar-refractivity contribution in [2.75, 3.05) is 0 Å². The zero-order valence-corrected chi connectivity index (χ0v) is 6.34. The standard InChI is InChI=1S/C7H9NOS/c8-9-5-6-1-3-7(10)4-2-6/h1-4,10H,5,8H2. The molecule has 0 radical (unpaired) electrons. The number of hydrogen-bond donors (Lipinski definition) is 2. The van der Waals surface area contributed by atoms with E-state index in [-0.39, 0.29) is 0 Å². The summed E-state index contributed by atoms with van der Waals surface area (Å²) in [7, 11) is 0. The number of thiol groups is 1. The monoisotopic (exact) mass is 155 g/mol. The summed E-state index contributed by atoms with van der Waals surface area (Å²) in [6.07, 6.45) is 0. The SMILES string of the molecule is NOCc1ccc(S)cc1. The first-order chi connectivity index (χ1) is 4.83. The third-order valence-electron chi connectivity index (χ3n) is 1.19. The lowest BCUT2D eigenvalue weighted by molar-refractivity contribution is 0.124. The number of benzene rings is 1. The van der Waals surface area contributed by atoms with Gasteiger partial charge in [-0.15, -0.1) is 12.6 Å². The number of rotatable bonds is 2. The Morgan fingerprint density at radius 3 is 2.40 bits per heavy atom. The van der Waals surface area contributed by atoms with Crippen molar-refractivity contribution >= 4 is 12.6 Å². The Labute approximate surface area is 65.4 Å². The van der Waals surface area contributed by atoms with E-state index >= 15 is 0 Å². The van der Waals surface area contributed by atoms with E-state index in [9.17, 15) is 0 Å². The smallest absolute Gasteiger partial charge is 0.0930 e. The van der Waals surface area contributed by atoms with E-state index in [4.69, 9.17) is 5.90 Å². The van der Waals surface area contributed by atoms with Crippen LogP contribution >= 0.6 is 12.6 Å². The second kappa shape index (κ2) is 3.61. The van der Waals surface area contributed by atoms with E-state index in [0.29, 0.717) is 6.61 Å². The summed E-state index contributed by atoms with van der Waals surface area (Å²) in [5.41, 5.74) is 1.06. The van der Waals surface area contributed by atoms with Gasteiger partial charge in [0.05, 0.1) is 6.61 Å². The Morgan fingerprint density at radius 1 is 1.30 bits per heavy atom. The molecule has 1 aromatic carbocycles. The Hall–Kier alpha value is -0.510. The molecule has 0 aliphatic carbocycles. The highest BCUT2D eigenvalue weighted by Gasteiger charge is 1.89. The summed E-state index contributed by atoms with van der Waals surface area (Å²) in [6.45, 7) is 0.452. The van der Waals surface area contributed by atoms with E-state index in [0.717, 1.165) is 10.5 Å². The van der Waals surface area contributed by atoms with Crippen LogP contribution in [0.4, 0.5) is 0 Å². The van der Waals surface area contributed by atoms with E-state index in [1.165, 1.54) is 0 Å². The van der Waals surface area contributed by atoms with Gasteiger partial charge in [0.1, 0.15) is 0 Å². The van der Waals surface area contributed by atoms with Crippen LogP contribution in [0.5, 0.6) is 0 Å². The average molecular weight is 155 g/mol. The van der Waals surface area contributed by atoms with E-state index in [1.54, 1.807) is 0 Å². The van der Waals surface area contributed by atoms with Crippen LogP contribution in [0, 0.1) is 0 Å². The van der Waals surface area contributed by atoms with Gasteiger partial charge in [-0.3, -0.25) is 4.84 Å². The van der Waals surface area contributed by atoms with Crippen LogP contribution in [0.25, 0.3) is 0 Å². The van der Waals surface area contributed by atoms with Gasteiger partial charge < -0.3 is 0 Å². The van der Waals surface area contributed by atoms with Crippen molar-refractivity contribution in [1.82, 2.24) is 0 Å². The summed E-state index contributed by atoms with van der Waals surface area (Å²) >= 11 is 4.13. The lowest BCUT2D eigenvalue weighted by Gasteiger charge is -1.97. The zero-order chi connectivity index (χ0) is 7.40. The van der Waals surface area contributed by atoms with Crippen LogP contribution in [0.1, 0.15) is 5.56 Å². The molecule has 10 heavy (non-hydrogen) atoms. The van der Waals surface area contributed by atoms with Gasteiger partial charge in [-0.05, 0) is 17.7 Å². The van der Waals surface area contributed by atoms with Gasteiger partial charge in [-0.25, -0.2) is 5.90 Å². The minimum absolute atomic E-state index is 0.452. The van der Waals surface area contributed by atoms with Gasteiger partial charge in [-0.1, -0.05) is 12.1 Å². The van der Waals surface area contributed by atoms with Gasteiger partial charge in [0, 0.05) is 4.90 Å². The molecule has 0 spiro atoms. The van der Waals surface area contributed by atoms with Gasteiger partial charge in [0.25, 0.3) is 0 Å². The quantitative estimate of drug-likeness (QED) is 0.499. The molecule has 0 bridgehead atoms. The van der Waals surface area contributed by atoms with Gasteiger partial charge in [0.2, 0.25) is 0 Å². The van der Waals surface area contributed by atoms with Crippen LogP contribution in [-0.4, -0.2) is 0 Å². The molecule has 1 rings (SSSR count). The first kappa shape index (κ1) is 7.60. The van der Waals surface area contributed by atoms with Gasteiger partial charge in [-0.2, -0.15) is 0 Å². The molecule has 2 nitrogen and oxygen atoms in total. The molecular formula is C7H9NOS. The minimum atomic E-state index is 0.452. The second-order valence-electron chi connectivity index (χ2n) is 1.98. The normalized spacial score (nSPS) is 9.80. The molecule has 0 unspecified atom stereocenters. The molecule has 0 saturated carbocycles. The summed E-state index contributed by atoms with van der Waals surface area (Å²) in [5, 5.41) is 0. The van der Waals surface area contributed by atoms with Gasteiger partial charge >= 0.3 is 0 Å². The second-order valence-corrected chi connectivity index (χ2v) is 2.49. The molecule has 0 atom stereocenters. The van der Waals surface area contributed by atoms with Crippen molar-refractivity contribution in [1.29, 1.82) is 0 Å². The van der Waals surface area contributed by atoms with Crippen molar-refractivity contribution in [3.8, 4) is 0 Å². The molecule has 0 amide bonds. The Morgan fingerprint density at radius 2 is 1.90 bits per heavy atom. The zero-order valence-electron chi connectivity index (χ0n) is 5.45. The highest BCUT2D eigenvalue weighted by molar-refractivity contribution is 7.80. The van der Waals surface area contributed by atoms with Crippen molar-refractivity contribution in [3.63, 3.8) is 0 Å². The molecule has 2 N–H and O–H groups in total. The average Bonchev–Trinajstić information content (AvgIpc) is 1.95. The minimum Gasteiger partial charge on any atom is -0.300 e. The largest absolute Gasteiger partial charge is 0.300 e. The van der Waals surface area contributed by atoms with Crippen molar-refractivity contribution in [2.45, 2.75) is 11.5 Å². The molecule has 0 aliphatic heterocycles.